The Morgan fingerprint density at radius 2 is 2.00 bits per heavy atom. The molecular formula is C12H13NO. The molecular weight excluding hydrogens is 174 g/mol. The SMILES string of the molecule is CC1C(=O)NC1/C=C/c1ccccc1. The van der Waals surface area contributed by atoms with E-state index in [0.717, 1.165) is 0 Å². The van der Waals surface area contributed by atoms with Crippen molar-refractivity contribution in [2.45, 2.75) is 13.0 Å². The number of carbonyl (C=O) groups excluding carboxylic acids is 1. The van der Waals surface area contributed by atoms with Crippen LogP contribution in [0.3, 0.4) is 0 Å². The van der Waals surface area contributed by atoms with Crippen LogP contribution >= 0.6 is 0 Å². The summed E-state index contributed by atoms with van der Waals surface area (Å²) >= 11 is 0. The van der Waals surface area contributed by atoms with E-state index in [1.807, 2.05) is 49.4 Å². The highest BCUT2D eigenvalue weighted by Crippen LogP contribution is 2.16. The summed E-state index contributed by atoms with van der Waals surface area (Å²) in [6.45, 7) is 1.94. The molecule has 1 saturated heterocycles. The van der Waals surface area contributed by atoms with Crippen molar-refractivity contribution in [3.8, 4) is 0 Å². The van der Waals surface area contributed by atoms with Gasteiger partial charge in [0.05, 0.1) is 12.0 Å². The number of β-lactam (4-membered cyclic amide) rings is 1. The van der Waals surface area contributed by atoms with Crippen molar-refractivity contribution in [2.75, 3.05) is 0 Å². The van der Waals surface area contributed by atoms with Gasteiger partial charge in [0, 0.05) is 0 Å². The minimum absolute atomic E-state index is 0.120. The highest BCUT2D eigenvalue weighted by molar-refractivity contribution is 5.86. The van der Waals surface area contributed by atoms with Crippen molar-refractivity contribution >= 4 is 12.0 Å². The standard InChI is InChI=1S/C12H13NO/c1-9-11(13-12(9)14)8-7-10-5-3-2-4-6-10/h2-9,11H,1H3,(H,13,14)/b8-7+. The van der Waals surface area contributed by atoms with E-state index in [1.165, 1.54) is 5.56 Å². The summed E-state index contributed by atoms with van der Waals surface area (Å²) in [6.07, 6.45) is 4.09. The minimum atomic E-state index is 0.120. The van der Waals surface area contributed by atoms with Gasteiger partial charge in [-0.15, -0.1) is 0 Å². The van der Waals surface area contributed by atoms with Gasteiger partial charge < -0.3 is 5.32 Å². The third-order valence-corrected chi connectivity index (χ3v) is 2.56. The maximum atomic E-state index is 10.9. The Kier molecular flexibility index (Phi) is 2.35. The molecule has 0 spiro atoms. The summed E-state index contributed by atoms with van der Waals surface area (Å²) in [5.41, 5.74) is 1.17. The molecule has 0 saturated carbocycles. The molecule has 1 aliphatic rings. The normalized spacial score (nSPS) is 25.9. The Morgan fingerprint density at radius 3 is 2.57 bits per heavy atom. The van der Waals surface area contributed by atoms with Gasteiger partial charge in [0.1, 0.15) is 0 Å². The molecule has 14 heavy (non-hydrogen) atoms. The Bertz CT molecular complexity index is 356. The number of carbonyl (C=O) groups is 1. The van der Waals surface area contributed by atoms with Crippen molar-refractivity contribution < 1.29 is 4.79 Å². The van der Waals surface area contributed by atoms with Crippen LogP contribution < -0.4 is 5.32 Å². The first-order valence-corrected chi connectivity index (χ1v) is 4.81. The van der Waals surface area contributed by atoms with E-state index in [9.17, 15) is 4.79 Å². The van der Waals surface area contributed by atoms with Crippen LogP contribution in [0.5, 0.6) is 0 Å². The predicted molar refractivity (Wildman–Crippen MR) is 56.6 cm³/mol. The van der Waals surface area contributed by atoms with Crippen LogP contribution in [0.2, 0.25) is 0 Å². The topological polar surface area (TPSA) is 29.1 Å². The van der Waals surface area contributed by atoms with E-state index in [4.69, 9.17) is 0 Å². The first kappa shape index (κ1) is 9.00. The Labute approximate surface area is 83.6 Å². The number of amides is 1. The average molecular weight is 187 g/mol. The number of rotatable bonds is 2. The van der Waals surface area contributed by atoms with Crippen molar-refractivity contribution in [3.05, 3.63) is 42.0 Å². The minimum Gasteiger partial charge on any atom is -0.349 e. The molecule has 1 aromatic carbocycles. The lowest BCUT2D eigenvalue weighted by atomic mass is 9.92. The molecule has 1 heterocycles. The molecule has 72 valence electrons. The highest BCUT2D eigenvalue weighted by Gasteiger charge is 2.32. The zero-order chi connectivity index (χ0) is 9.97. The lowest BCUT2D eigenvalue weighted by molar-refractivity contribution is -0.132. The number of nitrogens with one attached hydrogen (secondary N) is 1. The van der Waals surface area contributed by atoms with Gasteiger partial charge >= 0.3 is 0 Å². The number of benzene rings is 1. The van der Waals surface area contributed by atoms with Crippen LogP contribution in [0, 0.1) is 5.92 Å². The summed E-state index contributed by atoms with van der Waals surface area (Å²) in [7, 11) is 0. The maximum Gasteiger partial charge on any atom is 0.225 e. The lowest BCUT2D eigenvalue weighted by Gasteiger charge is -2.31. The van der Waals surface area contributed by atoms with E-state index in [2.05, 4.69) is 5.32 Å². The number of hydrogen-bond acceptors (Lipinski definition) is 1. The Balaban J connectivity index is 1.99. The van der Waals surface area contributed by atoms with Crippen molar-refractivity contribution in [2.24, 2.45) is 5.92 Å². The summed E-state index contributed by atoms with van der Waals surface area (Å²) in [6, 6.07) is 10.3. The quantitative estimate of drug-likeness (QED) is 0.703. The molecule has 1 aliphatic heterocycles. The second-order valence-electron chi connectivity index (χ2n) is 3.59. The van der Waals surface area contributed by atoms with E-state index < -0.39 is 0 Å². The molecule has 0 radical (unpaired) electrons. The molecule has 2 unspecified atom stereocenters. The van der Waals surface area contributed by atoms with Gasteiger partial charge in [-0.1, -0.05) is 49.4 Å². The molecule has 1 fully saturated rings. The van der Waals surface area contributed by atoms with Crippen LogP contribution in [0.15, 0.2) is 36.4 Å². The third kappa shape index (κ3) is 1.69. The molecule has 0 aliphatic carbocycles. The first-order valence-electron chi connectivity index (χ1n) is 4.81. The molecule has 2 heteroatoms. The van der Waals surface area contributed by atoms with Crippen LogP contribution in [0.1, 0.15) is 12.5 Å². The highest BCUT2D eigenvalue weighted by atomic mass is 16.2. The maximum absolute atomic E-state index is 10.9. The van der Waals surface area contributed by atoms with E-state index in [0.29, 0.717) is 0 Å². The lowest BCUT2D eigenvalue weighted by Crippen LogP contribution is -2.55. The van der Waals surface area contributed by atoms with Gasteiger partial charge in [0.25, 0.3) is 0 Å². The van der Waals surface area contributed by atoms with Crippen LogP contribution in [-0.2, 0) is 4.79 Å². The van der Waals surface area contributed by atoms with E-state index in [1.54, 1.807) is 0 Å². The first-order chi connectivity index (χ1) is 6.77. The summed E-state index contributed by atoms with van der Waals surface area (Å²) in [5.74, 6) is 0.266. The van der Waals surface area contributed by atoms with Crippen LogP contribution in [0.4, 0.5) is 0 Å². The molecule has 2 rings (SSSR count). The fourth-order valence-corrected chi connectivity index (χ4v) is 1.48. The van der Waals surface area contributed by atoms with Gasteiger partial charge in [0.2, 0.25) is 5.91 Å². The summed E-state index contributed by atoms with van der Waals surface area (Å²) < 4.78 is 0. The van der Waals surface area contributed by atoms with Crippen molar-refractivity contribution in [3.63, 3.8) is 0 Å². The second kappa shape index (κ2) is 3.66. The van der Waals surface area contributed by atoms with Crippen LogP contribution in [0.25, 0.3) is 6.08 Å². The molecule has 1 N–H and O–H groups in total. The average Bonchev–Trinajstić information content (AvgIpc) is 2.25. The van der Waals surface area contributed by atoms with Gasteiger partial charge in [-0.3, -0.25) is 4.79 Å². The van der Waals surface area contributed by atoms with E-state index in [-0.39, 0.29) is 17.9 Å². The summed E-state index contributed by atoms with van der Waals surface area (Å²) in [4.78, 5) is 10.9. The fraction of sp³-hybridized carbons (Fsp3) is 0.250. The predicted octanol–water partition coefficient (Wildman–Crippen LogP) is 1.83. The zero-order valence-electron chi connectivity index (χ0n) is 8.10. The van der Waals surface area contributed by atoms with Gasteiger partial charge in [-0.2, -0.15) is 0 Å². The Hall–Kier alpha value is -1.57. The molecule has 1 aromatic rings. The largest absolute Gasteiger partial charge is 0.349 e. The van der Waals surface area contributed by atoms with Gasteiger partial charge in [0.15, 0.2) is 0 Å². The zero-order valence-corrected chi connectivity index (χ0v) is 8.10. The molecule has 0 bridgehead atoms. The monoisotopic (exact) mass is 187 g/mol. The second-order valence-corrected chi connectivity index (χ2v) is 3.59. The molecule has 0 aromatic heterocycles. The van der Waals surface area contributed by atoms with Crippen LogP contribution in [-0.4, -0.2) is 11.9 Å². The molecule has 2 nitrogen and oxygen atoms in total. The summed E-state index contributed by atoms with van der Waals surface area (Å²) in [5, 5.41) is 2.84. The molecule has 2 atom stereocenters. The fourth-order valence-electron chi connectivity index (χ4n) is 1.48. The Morgan fingerprint density at radius 1 is 1.29 bits per heavy atom. The molecule has 1 amide bonds. The van der Waals surface area contributed by atoms with Gasteiger partial charge in [-0.25, -0.2) is 0 Å². The smallest absolute Gasteiger partial charge is 0.225 e. The van der Waals surface area contributed by atoms with Crippen molar-refractivity contribution in [1.29, 1.82) is 0 Å². The third-order valence-electron chi connectivity index (χ3n) is 2.56. The van der Waals surface area contributed by atoms with Crippen molar-refractivity contribution in [1.82, 2.24) is 5.32 Å². The van der Waals surface area contributed by atoms with Gasteiger partial charge in [-0.05, 0) is 5.56 Å². The van der Waals surface area contributed by atoms with E-state index >= 15 is 0 Å². The number of hydrogen-bond donors (Lipinski definition) is 1.